The van der Waals surface area contributed by atoms with Crippen LogP contribution >= 0.6 is 0 Å². The van der Waals surface area contributed by atoms with Gasteiger partial charge in [-0.25, -0.2) is 14.4 Å². The third-order valence-corrected chi connectivity index (χ3v) is 5.99. The fraction of sp³-hybridized carbons (Fsp3) is 0.207. The molecule has 8 nitrogen and oxygen atoms in total. The van der Waals surface area contributed by atoms with Gasteiger partial charge in [0.2, 0.25) is 5.91 Å². The number of anilines is 1. The highest BCUT2D eigenvalue weighted by Crippen LogP contribution is 2.34. The monoisotopic (exact) mass is 510 g/mol. The first-order chi connectivity index (χ1) is 18.2. The molecule has 38 heavy (non-hydrogen) atoms. The summed E-state index contributed by atoms with van der Waals surface area (Å²) in [4.78, 5) is 25.6. The van der Waals surface area contributed by atoms with Crippen LogP contribution in [0, 0.1) is 12.7 Å². The number of rotatable bonds is 6. The van der Waals surface area contributed by atoms with Crippen LogP contribution in [0.1, 0.15) is 31.9 Å². The van der Waals surface area contributed by atoms with E-state index in [1.165, 1.54) is 6.07 Å². The molecule has 0 aliphatic carbocycles. The summed E-state index contributed by atoms with van der Waals surface area (Å²) in [6, 6.07) is 12.1. The van der Waals surface area contributed by atoms with E-state index < -0.39 is 5.82 Å². The fourth-order valence-corrected chi connectivity index (χ4v) is 4.02. The minimum absolute atomic E-state index is 0.119. The van der Waals surface area contributed by atoms with Gasteiger partial charge in [0.25, 0.3) is 0 Å². The number of hydrogen-bond donors (Lipinski definition) is 1. The molecule has 192 valence electrons. The van der Waals surface area contributed by atoms with Crippen molar-refractivity contribution in [3.05, 3.63) is 90.4 Å². The molecule has 2 aromatic carbocycles. The molecule has 0 spiro atoms. The lowest BCUT2D eigenvalue weighted by molar-refractivity contribution is -0.115. The van der Waals surface area contributed by atoms with Crippen LogP contribution in [0.15, 0.2) is 73.4 Å². The number of amides is 1. The topological polar surface area (TPSA) is 94.8 Å². The molecule has 1 amide bonds. The van der Waals surface area contributed by atoms with E-state index in [0.717, 1.165) is 16.5 Å². The lowest BCUT2D eigenvalue weighted by atomic mass is 10.1. The van der Waals surface area contributed by atoms with Gasteiger partial charge >= 0.3 is 0 Å². The number of aromatic nitrogens is 5. The maximum atomic E-state index is 15.1. The predicted molar refractivity (Wildman–Crippen MR) is 144 cm³/mol. The molecule has 1 N–H and O–H groups in total. The highest BCUT2D eigenvalue weighted by atomic mass is 19.1. The summed E-state index contributed by atoms with van der Waals surface area (Å²) in [5, 5.41) is 7.81. The number of pyridine rings is 1. The highest BCUT2D eigenvalue weighted by molar-refractivity contribution is 5.92. The second-order valence-corrected chi connectivity index (χ2v) is 9.99. The SMILES string of the molecule is Cc1cc(CC(=O)Nc2cnn(C(C)(C)C)c2)c(F)cc1Oc1ccnc2ccc(-c3ncccn3)cc12. The molecular formula is C29H27FN6O2. The van der Waals surface area contributed by atoms with Crippen molar-refractivity contribution < 1.29 is 13.9 Å². The Morgan fingerprint density at radius 1 is 1.03 bits per heavy atom. The quantitative estimate of drug-likeness (QED) is 0.298. The van der Waals surface area contributed by atoms with Crippen molar-refractivity contribution in [3.63, 3.8) is 0 Å². The van der Waals surface area contributed by atoms with E-state index in [9.17, 15) is 4.79 Å². The maximum absolute atomic E-state index is 15.1. The predicted octanol–water partition coefficient (Wildman–Crippen LogP) is 6.06. The van der Waals surface area contributed by atoms with Crippen molar-refractivity contribution in [2.24, 2.45) is 0 Å². The zero-order valence-corrected chi connectivity index (χ0v) is 21.6. The average molecular weight is 511 g/mol. The van der Waals surface area contributed by atoms with Crippen LogP contribution in [0.5, 0.6) is 11.5 Å². The van der Waals surface area contributed by atoms with Crippen molar-refractivity contribution >= 4 is 22.5 Å². The molecule has 0 aliphatic heterocycles. The summed E-state index contributed by atoms with van der Waals surface area (Å²) in [7, 11) is 0. The van der Waals surface area contributed by atoms with E-state index in [-0.39, 0.29) is 23.4 Å². The number of carbonyl (C=O) groups is 1. The number of aryl methyl sites for hydroxylation is 1. The van der Waals surface area contributed by atoms with Crippen molar-refractivity contribution in [2.75, 3.05) is 5.32 Å². The molecule has 0 saturated carbocycles. The number of halogens is 1. The molecule has 9 heteroatoms. The lowest BCUT2D eigenvalue weighted by Crippen LogP contribution is -2.22. The number of hydrogen-bond acceptors (Lipinski definition) is 6. The number of carbonyl (C=O) groups excluding carboxylic acids is 1. The molecule has 0 unspecified atom stereocenters. The standard InChI is InChI=1S/C29H27FN6O2/c1-18-12-20(14-27(37)35-21-16-34-36(17-21)29(2,3)4)23(30)15-26(18)38-25-8-11-31-24-7-6-19(13-22(24)25)28-32-9-5-10-33-28/h5-13,15-17H,14H2,1-4H3,(H,35,37). The Bertz CT molecular complexity index is 1630. The van der Waals surface area contributed by atoms with Crippen LogP contribution in [0.3, 0.4) is 0 Å². The third-order valence-electron chi connectivity index (χ3n) is 5.99. The molecule has 3 aromatic heterocycles. The zero-order valence-electron chi connectivity index (χ0n) is 21.6. The van der Waals surface area contributed by atoms with Gasteiger partial charge in [-0.15, -0.1) is 0 Å². The van der Waals surface area contributed by atoms with E-state index in [0.29, 0.717) is 28.6 Å². The van der Waals surface area contributed by atoms with E-state index in [1.54, 1.807) is 53.9 Å². The van der Waals surface area contributed by atoms with E-state index in [1.807, 2.05) is 45.9 Å². The maximum Gasteiger partial charge on any atom is 0.228 e. The van der Waals surface area contributed by atoms with E-state index >= 15 is 4.39 Å². The molecule has 0 aliphatic rings. The van der Waals surface area contributed by atoms with Gasteiger partial charge in [-0.2, -0.15) is 5.10 Å². The summed E-state index contributed by atoms with van der Waals surface area (Å²) >= 11 is 0. The Kier molecular flexibility index (Phi) is 6.59. The van der Waals surface area contributed by atoms with E-state index in [2.05, 4.69) is 25.4 Å². The Hall–Kier alpha value is -4.66. The first-order valence-corrected chi connectivity index (χ1v) is 12.2. The van der Waals surface area contributed by atoms with Crippen LogP contribution in [0.25, 0.3) is 22.3 Å². The molecule has 0 atom stereocenters. The molecule has 0 bridgehead atoms. The van der Waals surface area contributed by atoms with Crippen LogP contribution in [-0.4, -0.2) is 30.6 Å². The van der Waals surface area contributed by atoms with Gasteiger partial charge in [-0.05, 0) is 75.2 Å². The largest absolute Gasteiger partial charge is 0.456 e. The molecule has 0 fully saturated rings. The van der Waals surface area contributed by atoms with Crippen molar-refractivity contribution in [3.8, 4) is 22.9 Å². The third kappa shape index (κ3) is 5.36. The normalized spacial score (nSPS) is 11.5. The molecule has 5 aromatic rings. The number of fused-ring (bicyclic) bond motifs is 1. The Morgan fingerprint density at radius 2 is 1.82 bits per heavy atom. The Morgan fingerprint density at radius 3 is 2.55 bits per heavy atom. The summed E-state index contributed by atoms with van der Waals surface area (Å²) in [6.07, 6.45) is 8.22. The van der Waals surface area contributed by atoms with Gasteiger partial charge in [0.05, 0.1) is 29.4 Å². The first-order valence-electron chi connectivity index (χ1n) is 12.2. The molecular weight excluding hydrogens is 483 g/mol. The number of nitrogens with zero attached hydrogens (tertiary/aromatic N) is 5. The molecule has 0 radical (unpaired) electrons. The number of ether oxygens (including phenoxy) is 1. The number of benzene rings is 2. The second-order valence-electron chi connectivity index (χ2n) is 9.99. The smallest absolute Gasteiger partial charge is 0.228 e. The molecule has 3 heterocycles. The van der Waals surface area contributed by atoms with Crippen molar-refractivity contribution in [2.45, 2.75) is 39.7 Å². The molecule has 0 saturated heterocycles. The first kappa shape index (κ1) is 25.0. The lowest BCUT2D eigenvalue weighted by Gasteiger charge is -2.18. The zero-order chi connectivity index (χ0) is 26.9. The second kappa shape index (κ2) is 10.0. The van der Waals surface area contributed by atoms with Crippen LogP contribution in [0.2, 0.25) is 0 Å². The van der Waals surface area contributed by atoms with Gasteiger partial charge in [0.15, 0.2) is 5.82 Å². The Labute approximate surface area is 219 Å². The highest BCUT2D eigenvalue weighted by Gasteiger charge is 2.17. The summed E-state index contributed by atoms with van der Waals surface area (Å²) in [5.74, 6) is 0.604. The summed E-state index contributed by atoms with van der Waals surface area (Å²) < 4.78 is 23.0. The number of nitrogens with one attached hydrogen (secondary N) is 1. The van der Waals surface area contributed by atoms with Gasteiger partial charge < -0.3 is 10.1 Å². The van der Waals surface area contributed by atoms with Crippen LogP contribution < -0.4 is 10.1 Å². The van der Waals surface area contributed by atoms with Crippen LogP contribution in [-0.2, 0) is 16.8 Å². The fourth-order valence-electron chi connectivity index (χ4n) is 4.02. The van der Waals surface area contributed by atoms with Gasteiger partial charge in [-0.1, -0.05) is 0 Å². The van der Waals surface area contributed by atoms with Gasteiger partial charge in [0.1, 0.15) is 17.3 Å². The summed E-state index contributed by atoms with van der Waals surface area (Å²) in [6.45, 7) is 7.85. The average Bonchev–Trinajstić information content (AvgIpc) is 3.36. The van der Waals surface area contributed by atoms with Gasteiger partial charge in [0, 0.05) is 41.8 Å². The minimum atomic E-state index is -0.525. The Balaban J connectivity index is 1.36. The minimum Gasteiger partial charge on any atom is -0.456 e. The van der Waals surface area contributed by atoms with Crippen molar-refractivity contribution in [1.29, 1.82) is 0 Å². The van der Waals surface area contributed by atoms with Crippen molar-refractivity contribution in [1.82, 2.24) is 24.7 Å². The molecule has 5 rings (SSSR count). The van der Waals surface area contributed by atoms with Crippen LogP contribution in [0.4, 0.5) is 10.1 Å². The van der Waals surface area contributed by atoms with E-state index in [4.69, 9.17) is 4.74 Å². The summed E-state index contributed by atoms with van der Waals surface area (Å²) in [5.41, 5.74) is 2.86. The van der Waals surface area contributed by atoms with Gasteiger partial charge in [-0.3, -0.25) is 14.5 Å².